The Bertz CT molecular complexity index is 2860. The molecule has 0 amide bonds. The van der Waals surface area contributed by atoms with Gasteiger partial charge in [-0.2, -0.15) is 0 Å². The Morgan fingerprint density at radius 1 is 0.518 bits per heavy atom. The van der Waals surface area contributed by atoms with Crippen LogP contribution in [0.15, 0.2) is 212 Å². The first-order valence-corrected chi connectivity index (χ1v) is 19.3. The fourth-order valence-corrected chi connectivity index (χ4v) is 8.50. The smallest absolute Gasteiger partial charge is 0.123 e. The van der Waals surface area contributed by atoms with E-state index in [2.05, 4.69) is 193 Å². The third-order valence-electron chi connectivity index (χ3n) is 11.2. The zero-order valence-electron chi connectivity index (χ0n) is 30.8. The maximum absolute atomic E-state index is 14.0. The van der Waals surface area contributed by atoms with Crippen LogP contribution >= 0.6 is 0 Å². The van der Waals surface area contributed by atoms with E-state index in [1.807, 2.05) is 12.1 Å². The van der Waals surface area contributed by atoms with Gasteiger partial charge in [0, 0.05) is 23.0 Å². The minimum Gasteiger partial charge on any atom is -0.311 e. The Kier molecular flexibility index (Phi) is 8.57. The molecule has 0 saturated heterocycles. The van der Waals surface area contributed by atoms with Gasteiger partial charge in [0.15, 0.2) is 0 Å². The number of fused-ring (bicyclic) bond motifs is 4. The quantitative estimate of drug-likeness (QED) is 0.117. The summed E-state index contributed by atoms with van der Waals surface area (Å²) in [6, 6.07) is 57.3. The van der Waals surface area contributed by atoms with Gasteiger partial charge in [-0.1, -0.05) is 170 Å². The van der Waals surface area contributed by atoms with Crippen molar-refractivity contribution in [2.24, 2.45) is 5.92 Å². The van der Waals surface area contributed by atoms with Crippen LogP contribution in [0.5, 0.6) is 0 Å². The monoisotopic (exact) mass is 719 g/mol. The second-order valence-electron chi connectivity index (χ2n) is 14.6. The van der Waals surface area contributed by atoms with Crippen molar-refractivity contribution in [3.63, 3.8) is 0 Å². The second kappa shape index (κ2) is 14.3. The van der Waals surface area contributed by atoms with Crippen LogP contribution in [0.2, 0.25) is 0 Å². The number of halogens is 1. The molecule has 0 aromatic heterocycles. The van der Waals surface area contributed by atoms with Gasteiger partial charge < -0.3 is 4.90 Å². The van der Waals surface area contributed by atoms with Gasteiger partial charge in [-0.15, -0.1) is 0 Å². The van der Waals surface area contributed by atoms with Gasteiger partial charge in [-0.25, -0.2) is 4.39 Å². The molecule has 0 bridgehead atoms. The van der Waals surface area contributed by atoms with Crippen LogP contribution in [0, 0.1) is 11.7 Å². The lowest BCUT2D eigenvalue weighted by Crippen LogP contribution is -2.19. The summed E-state index contributed by atoms with van der Waals surface area (Å²) in [4.78, 5) is 2.21. The van der Waals surface area contributed by atoms with Crippen LogP contribution in [0.4, 0.5) is 15.8 Å². The molecule has 2 aliphatic rings. The van der Waals surface area contributed by atoms with E-state index in [1.165, 1.54) is 72.3 Å². The Morgan fingerprint density at radius 3 is 1.73 bits per heavy atom. The molecule has 2 aliphatic carbocycles. The first-order chi connectivity index (χ1) is 27.7. The third-order valence-corrected chi connectivity index (χ3v) is 11.2. The van der Waals surface area contributed by atoms with Crippen LogP contribution in [-0.4, -0.2) is 0 Å². The molecule has 56 heavy (non-hydrogen) atoms. The molecule has 266 valence electrons. The van der Waals surface area contributed by atoms with Crippen LogP contribution in [0.3, 0.4) is 0 Å². The topological polar surface area (TPSA) is 3.24 Å². The number of nitrogens with zero attached hydrogens (tertiary/aromatic N) is 1. The number of rotatable bonds is 7. The standard InChI is InChI=1S/C54H38FN/c55-43-29-34-45(35-30-43)56(46-33-28-39-10-1-2-12-42(39)36-46)44-31-24-38(25-32-44)21-20-37-22-26-41(27-23-37)53-49-15-5-7-17-51(49)54(52-18-8-6-16-50(52)53)48-19-9-13-40-11-3-4-14-47(40)48/h1-27,29-36,39H,28H2/b21-20+. The normalized spacial score (nSPS) is 15.0. The van der Waals surface area contributed by atoms with Crippen molar-refractivity contribution in [1.29, 1.82) is 0 Å². The number of anilines is 2. The van der Waals surface area contributed by atoms with E-state index in [0.717, 1.165) is 34.6 Å². The van der Waals surface area contributed by atoms with E-state index in [9.17, 15) is 4.39 Å². The SMILES string of the molecule is Fc1ccc(N(C2=CCC3C=CC=CC3=C2)c2ccc(/C=C/c3ccc(-c4c5ccccc5c(-c5cccc6ccccc56)c5ccccc45)cc3)cc2)cc1. The number of allylic oxidation sites excluding steroid dienone is 7. The highest BCUT2D eigenvalue weighted by atomic mass is 19.1. The van der Waals surface area contributed by atoms with Gasteiger partial charge in [0.2, 0.25) is 0 Å². The van der Waals surface area contributed by atoms with Crippen LogP contribution in [-0.2, 0) is 0 Å². The number of benzene rings is 8. The highest BCUT2D eigenvalue weighted by Crippen LogP contribution is 2.45. The van der Waals surface area contributed by atoms with E-state index in [-0.39, 0.29) is 5.82 Å². The summed E-state index contributed by atoms with van der Waals surface area (Å²) in [5.74, 6) is 0.162. The zero-order chi connectivity index (χ0) is 37.4. The predicted molar refractivity (Wildman–Crippen MR) is 236 cm³/mol. The lowest BCUT2D eigenvalue weighted by Gasteiger charge is -2.30. The Hall–Kier alpha value is -7.03. The second-order valence-corrected chi connectivity index (χ2v) is 14.6. The highest BCUT2D eigenvalue weighted by Gasteiger charge is 2.21. The van der Waals surface area contributed by atoms with E-state index in [1.54, 1.807) is 0 Å². The van der Waals surface area contributed by atoms with Crippen LogP contribution in [0.1, 0.15) is 17.5 Å². The molecule has 8 aromatic rings. The van der Waals surface area contributed by atoms with Crippen molar-refractivity contribution in [2.45, 2.75) is 6.42 Å². The van der Waals surface area contributed by atoms with Gasteiger partial charge in [0.1, 0.15) is 5.82 Å². The summed E-state index contributed by atoms with van der Waals surface area (Å²) in [6.07, 6.45) is 18.5. The van der Waals surface area contributed by atoms with Crippen molar-refractivity contribution in [2.75, 3.05) is 4.90 Å². The molecule has 0 heterocycles. The molecule has 0 aliphatic heterocycles. The summed E-state index contributed by atoms with van der Waals surface area (Å²) >= 11 is 0. The highest BCUT2D eigenvalue weighted by molar-refractivity contribution is 6.23. The Morgan fingerprint density at radius 2 is 1.07 bits per heavy atom. The first-order valence-electron chi connectivity index (χ1n) is 19.3. The van der Waals surface area contributed by atoms with Gasteiger partial charge in [0.25, 0.3) is 0 Å². The third kappa shape index (κ3) is 6.16. The van der Waals surface area contributed by atoms with Crippen LogP contribution in [0.25, 0.3) is 66.7 Å². The molecule has 8 aromatic carbocycles. The average molecular weight is 720 g/mol. The Balaban J connectivity index is 0.966. The predicted octanol–water partition coefficient (Wildman–Crippen LogP) is 14.9. The van der Waals surface area contributed by atoms with Gasteiger partial charge >= 0.3 is 0 Å². The van der Waals surface area contributed by atoms with E-state index < -0.39 is 0 Å². The van der Waals surface area contributed by atoms with Crippen molar-refractivity contribution < 1.29 is 4.39 Å². The lowest BCUT2D eigenvalue weighted by atomic mass is 9.84. The van der Waals surface area contributed by atoms with Gasteiger partial charge in [0.05, 0.1) is 0 Å². The summed E-state index contributed by atoms with van der Waals surface area (Å²) in [5, 5.41) is 7.52. The molecule has 10 rings (SSSR count). The van der Waals surface area contributed by atoms with Crippen molar-refractivity contribution in [1.82, 2.24) is 0 Å². The Labute approximate surface area is 327 Å². The fourth-order valence-electron chi connectivity index (χ4n) is 8.50. The molecular weight excluding hydrogens is 682 g/mol. The van der Waals surface area contributed by atoms with Gasteiger partial charge in [-0.05, 0) is 120 Å². The summed E-state index contributed by atoms with van der Waals surface area (Å²) in [6.45, 7) is 0. The summed E-state index contributed by atoms with van der Waals surface area (Å²) < 4.78 is 14.0. The minimum atomic E-state index is -0.241. The molecule has 0 spiro atoms. The maximum Gasteiger partial charge on any atom is 0.123 e. The van der Waals surface area contributed by atoms with E-state index in [4.69, 9.17) is 0 Å². The molecule has 0 saturated carbocycles. The molecule has 0 N–H and O–H groups in total. The number of hydrogen-bond acceptors (Lipinski definition) is 1. The zero-order valence-corrected chi connectivity index (χ0v) is 30.8. The molecular formula is C54H38FN. The first kappa shape index (κ1) is 33.5. The summed E-state index contributed by atoms with van der Waals surface area (Å²) in [7, 11) is 0. The van der Waals surface area contributed by atoms with Crippen molar-refractivity contribution in [3.8, 4) is 22.3 Å². The minimum absolute atomic E-state index is 0.241. The van der Waals surface area contributed by atoms with Crippen molar-refractivity contribution >= 4 is 55.8 Å². The molecule has 1 atom stereocenters. The lowest BCUT2D eigenvalue weighted by molar-refractivity contribution is 0.628. The van der Waals surface area contributed by atoms with E-state index >= 15 is 0 Å². The summed E-state index contributed by atoms with van der Waals surface area (Å²) in [5.41, 5.74) is 11.6. The molecule has 1 nitrogen and oxygen atoms in total. The fraction of sp³-hybridized carbons (Fsp3) is 0.0370. The molecule has 0 radical (unpaired) electrons. The molecule has 0 fully saturated rings. The van der Waals surface area contributed by atoms with Crippen LogP contribution < -0.4 is 4.90 Å². The molecule has 2 heteroatoms. The number of hydrogen-bond donors (Lipinski definition) is 0. The average Bonchev–Trinajstić information content (AvgIpc) is 3.26. The van der Waals surface area contributed by atoms with Crippen molar-refractivity contribution in [3.05, 3.63) is 228 Å². The van der Waals surface area contributed by atoms with Gasteiger partial charge in [-0.3, -0.25) is 0 Å². The maximum atomic E-state index is 14.0. The van der Waals surface area contributed by atoms with E-state index in [0.29, 0.717) is 5.92 Å². The molecule has 1 unspecified atom stereocenters. The largest absolute Gasteiger partial charge is 0.311 e.